The Bertz CT molecular complexity index is 492. The van der Waals surface area contributed by atoms with E-state index < -0.39 is 0 Å². The van der Waals surface area contributed by atoms with Crippen LogP contribution in [-0.2, 0) is 0 Å². The monoisotopic (exact) mass is 199 g/mol. The summed E-state index contributed by atoms with van der Waals surface area (Å²) in [5.74, 6) is 0.223. The molecule has 1 aromatic carbocycles. The molecule has 0 bridgehead atoms. The molecule has 76 valence electrons. The summed E-state index contributed by atoms with van der Waals surface area (Å²) >= 11 is 0. The molecule has 2 nitrogen and oxygen atoms in total. The smallest absolute Gasteiger partial charge is 0.141 e. The van der Waals surface area contributed by atoms with Gasteiger partial charge in [0.2, 0.25) is 0 Å². The second-order valence-corrected chi connectivity index (χ2v) is 3.67. The van der Waals surface area contributed by atoms with Crippen molar-refractivity contribution in [3.8, 4) is 17.0 Å². The van der Waals surface area contributed by atoms with E-state index in [4.69, 9.17) is 0 Å². The number of aryl methyl sites for hydroxylation is 2. The molecule has 2 aromatic rings. The number of nitrogens with zero attached hydrogens (tertiary/aromatic N) is 1. The van der Waals surface area contributed by atoms with Gasteiger partial charge in [0, 0.05) is 11.8 Å². The Hall–Kier alpha value is -1.83. The zero-order chi connectivity index (χ0) is 10.8. The molecule has 0 unspecified atom stereocenters. The quantitative estimate of drug-likeness (QED) is 0.765. The molecule has 1 aromatic heterocycles. The normalized spacial score (nSPS) is 10.3. The van der Waals surface area contributed by atoms with Gasteiger partial charge >= 0.3 is 0 Å². The highest BCUT2D eigenvalue weighted by atomic mass is 16.3. The van der Waals surface area contributed by atoms with Gasteiger partial charge in [-0.15, -0.1) is 0 Å². The third-order valence-electron chi connectivity index (χ3n) is 2.57. The molecule has 0 aliphatic carbocycles. The van der Waals surface area contributed by atoms with Crippen LogP contribution in [0.15, 0.2) is 36.5 Å². The van der Waals surface area contributed by atoms with E-state index in [1.54, 1.807) is 18.3 Å². The molecular formula is C13H13NO. The van der Waals surface area contributed by atoms with Crippen molar-refractivity contribution < 1.29 is 5.11 Å². The Balaban J connectivity index is 2.55. The van der Waals surface area contributed by atoms with Crippen LogP contribution in [0.5, 0.6) is 5.75 Å². The Morgan fingerprint density at radius 2 is 1.87 bits per heavy atom. The molecular weight excluding hydrogens is 186 g/mol. The van der Waals surface area contributed by atoms with Gasteiger partial charge in [0.05, 0.1) is 0 Å². The van der Waals surface area contributed by atoms with E-state index in [0.717, 1.165) is 5.56 Å². The molecule has 0 radical (unpaired) electrons. The highest BCUT2D eigenvalue weighted by molar-refractivity contribution is 5.66. The largest absolute Gasteiger partial charge is 0.506 e. The third kappa shape index (κ3) is 1.84. The molecule has 1 heterocycles. The van der Waals surface area contributed by atoms with Gasteiger partial charge in [-0.1, -0.05) is 12.1 Å². The fraction of sp³-hybridized carbons (Fsp3) is 0.154. The van der Waals surface area contributed by atoms with Gasteiger partial charge in [0.15, 0.2) is 0 Å². The van der Waals surface area contributed by atoms with Crippen molar-refractivity contribution in [1.82, 2.24) is 4.98 Å². The van der Waals surface area contributed by atoms with Crippen molar-refractivity contribution in [2.75, 3.05) is 0 Å². The molecule has 1 N–H and O–H groups in total. The summed E-state index contributed by atoms with van der Waals surface area (Å²) in [5, 5.41) is 9.66. The van der Waals surface area contributed by atoms with Crippen molar-refractivity contribution in [3.05, 3.63) is 47.7 Å². The van der Waals surface area contributed by atoms with Gasteiger partial charge in [-0.3, -0.25) is 4.98 Å². The minimum atomic E-state index is 0.223. The van der Waals surface area contributed by atoms with Crippen LogP contribution in [0.3, 0.4) is 0 Å². The first-order valence-corrected chi connectivity index (χ1v) is 4.90. The standard InChI is InChI=1S/C13H13NO/c1-9-5-6-11(8-10(9)2)13-12(15)4-3-7-14-13/h3-8,15H,1-2H3. The van der Waals surface area contributed by atoms with Crippen LogP contribution < -0.4 is 0 Å². The molecule has 0 atom stereocenters. The molecule has 0 amide bonds. The first-order chi connectivity index (χ1) is 7.18. The molecule has 2 heteroatoms. The van der Waals surface area contributed by atoms with E-state index >= 15 is 0 Å². The van der Waals surface area contributed by atoms with Gasteiger partial charge in [-0.25, -0.2) is 0 Å². The molecule has 0 aliphatic heterocycles. The fourth-order valence-electron chi connectivity index (χ4n) is 1.51. The van der Waals surface area contributed by atoms with E-state index in [9.17, 15) is 5.11 Å². The van der Waals surface area contributed by atoms with Crippen molar-refractivity contribution in [3.63, 3.8) is 0 Å². The highest BCUT2D eigenvalue weighted by Gasteiger charge is 2.05. The Labute approximate surface area is 89.2 Å². The summed E-state index contributed by atoms with van der Waals surface area (Å²) in [6.07, 6.45) is 1.68. The van der Waals surface area contributed by atoms with Gasteiger partial charge in [-0.05, 0) is 43.2 Å². The maximum absolute atomic E-state index is 9.66. The summed E-state index contributed by atoms with van der Waals surface area (Å²) in [7, 11) is 0. The molecule has 0 fully saturated rings. The molecule has 2 rings (SSSR count). The zero-order valence-electron chi connectivity index (χ0n) is 8.86. The van der Waals surface area contributed by atoms with E-state index in [2.05, 4.69) is 18.8 Å². The predicted molar refractivity (Wildman–Crippen MR) is 60.8 cm³/mol. The lowest BCUT2D eigenvalue weighted by atomic mass is 10.0. The number of hydrogen-bond acceptors (Lipinski definition) is 2. The number of rotatable bonds is 1. The minimum absolute atomic E-state index is 0.223. The van der Waals surface area contributed by atoms with Gasteiger partial charge in [-0.2, -0.15) is 0 Å². The van der Waals surface area contributed by atoms with Crippen molar-refractivity contribution in [1.29, 1.82) is 0 Å². The number of benzene rings is 1. The minimum Gasteiger partial charge on any atom is -0.506 e. The second kappa shape index (κ2) is 3.73. The molecule has 15 heavy (non-hydrogen) atoms. The van der Waals surface area contributed by atoms with Crippen LogP contribution in [0.25, 0.3) is 11.3 Å². The number of aromatic hydroxyl groups is 1. The van der Waals surface area contributed by atoms with Crippen LogP contribution in [-0.4, -0.2) is 10.1 Å². The van der Waals surface area contributed by atoms with Crippen molar-refractivity contribution >= 4 is 0 Å². The average Bonchev–Trinajstić information content (AvgIpc) is 2.23. The van der Waals surface area contributed by atoms with Gasteiger partial charge in [0.1, 0.15) is 11.4 Å². The first-order valence-electron chi connectivity index (χ1n) is 4.90. The van der Waals surface area contributed by atoms with E-state index in [1.807, 2.05) is 18.2 Å². The summed E-state index contributed by atoms with van der Waals surface area (Å²) in [5.41, 5.74) is 4.04. The summed E-state index contributed by atoms with van der Waals surface area (Å²) < 4.78 is 0. The second-order valence-electron chi connectivity index (χ2n) is 3.67. The molecule has 0 saturated carbocycles. The van der Waals surface area contributed by atoms with E-state index in [0.29, 0.717) is 5.69 Å². The van der Waals surface area contributed by atoms with E-state index in [1.165, 1.54) is 11.1 Å². The van der Waals surface area contributed by atoms with Gasteiger partial charge in [0.25, 0.3) is 0 Å². The molecule has 0 spiro atoms. The summed E-state index contributed by atoms with van der Waals surface area (Å²) in [6, 6.07) is 9.43. The Kier molecular flexibility index (Phi) is 2.42. The predicted octanol–water partition coefficient (Wildman–Crippen LogP) is 3.07. The van der Waals surface area contributed by atoms with Crippen LogP contribution in [0.4, 0.5) is 0 Å². The van der Waals surface area contributed by atoms with Gasteiger partial charge < -0.3 is 5.11 Å². The summed E-state index contributed by atoms with van der Waals surface area (Å²) in [4.78, 5) is 4.17. The summed E-state index contributed by atoms with van der Waals surface area (Å²) in [6.45, 7) is 4.12. The highest BCUT2D eigenvalue weighted by Crippen LogP contribution is 2.27. The van der Waals surface area contributed by atoms with Crippen molar-refractivity contribution in [2.45, 2.75) is 13.8 Å². The van der Waals surface area contributed by atoms with Crippen LogP contribution in [0.2, 0.25) is 0 Å². The number of hydrogen-bond donors (Lipinski definition) is 1. The number of pyridine rings is 1. The maximum atomic E-state index is 9.66. The van der Waals surface area contributed by atoms with Crippen LogP contribution in [0.1, 0.15) is 11.1 Å². The average molecular weight is 199 g/mol. The van der Waals surface area contributed by atoms with Crippen LogP contribution >= 0.6 is 0 Å². The van der Waals surface area contributed by atoms with Crippen molar-refractivity contribution in [2.24, 2.45) is 0 Å². The third-order valence-corrected chi connectivity index (χ3v) is 2.57. The maximum Gasteiger partial charge on any atom is 0.141 e. The zero-order valence-corrected chi connectivity index (χ0v) is 8.86. The van der Waals surface area contributed by atoms with E-state index in [-0.39, 0.29) is 5.75 Å². The lowest BCUT2D eigenvalue weighted by Crippen LogP contribution is -1.86. The molecule has 0 aliphatic rings. The van der Waals surface area contributed by atoms with Crippen LogP contribution in [0, 0.1) is 13.8 Å². The lowest BCUT2D eigenvalue weighted by Gasteiger charge is -2.06. The SMILES string of the molecule is Cc1ccc(-c2ncccc2O)cc1C. The lowest BCUT2D eigenvalue weighted by molar-refractivity contribution is 0.475. The Morgan fingerprint density at radius 3 is 2.53 bits per heavy atom. The first kappa shape index (κ1) is 9.71. The fourth-order valence-corrected chi connectivity index (χ4v) is 1.51. The molecule has 0 saturated heterocycles. The number of aromatic nitrogens is 1. The Morgan fingerprint density at radius 1 is 1.07 bits per heavy atom. The topological polar surface area (TPSA) is 33.1 Å².